The lowest BCUT2D eigenvalue weighted by atomic mass is 10.2. The maximum absolute atomic E-state index is 12.5. The summed E-state index contributed by atoms with van der Waals surface area (Å²) < 4.78 is 6.88. The van der Waals surface area contributed by atoms with E-state index >= 15 is 0 Å². The van der Waals surface area contributed by atoms with Crippen molar-refractivity contribution in [1.82, 2.24) is 19.5 Å². The summed E-state index contributed by atoms with van der Waals surface area (Å²) in [5.74, 6) is 0.497. The molecule has 25 heavy (non-hydrogen) atoms. The predicted molar refractivity (Wildman–Crippen MR) is 99.5 cm³/mol. The van der Waals surface area contributed by atoms with Crippen molar-refractivity contribution in [3.63, 3.8) is 0 Å². The highest BCUT2D eigenvalue weighted by Gasteiger charge is 2.13. The topological polar surface area (TPSA) is 72.8 Å². The van der Waals surface area contributed by atoms with Gasteiger partial charge in [0.15, 0.2) is 5.65 Å². The first-order valence-electron chi connectivity index (χ1n) is 7.75. The van der Waals surface area contributed by atoms with Crippen LogP contribution < -0.4 is 10.4 Å². The number of hydrogen-bond acceptors (Lipinski definition) is 5. The van der Waals surface area contributed by atoms with Gasteiger partial charge in [-0.3, -0.25) is 4.57 Å². The molecule has 0 bridgehead atoms. The number of methoxy groups -OCH3 is 1. The van der Waals surface area contributed by atoms with E-state index in [1.807, 2.05) is 24.5 Å². The molecule has 3 heterocycles. The number of pyridine rings is 2. The fourth-order valence-electron chi connectivity index (χ4n) is 2.89. The molecule has 0 fully saturated rings. The second kappa shape index (κ2) is 6.25. The molecule has 0 aliphatic carbocycles. The van der Waals surface area contributed by atoms with Crippen molar-refractivity contribution >= 4 is 33.8 Å². The summed E-state index contributed by atoms with van der Waals surface area (Å²) in [5.41, 5.74) is 2.96. The van der Waals surface area contributed by atoms with Gasteiger partial charge in [0, 0.05) is 16.3 Å². The van der Waals surface area contributed by atoms with Crippen molar-refractivity contribution in [1.29, 1.82) is 0 Å². The number of hydrogen-bond donors (Lipinski definition) is 1. The van der Waals surface area contributed by atoms with E-state index in [-0.39, 0.29) is 5.69 Å². The number of nitrogens with one attached hydrogen (secondary N) is 1. The van der Waals surface area contributed by atoms with Gasteiger partial charge in [-0.05, 0) is 30.0 Å². The highest BCUT2D eigenvalue weighted by Crippen LogP contribution is 2.23. The number of aromatic amines is 1. The summed E-state index contributed by atoms with van der Waals surface area (Å²) in [6, 6.07) is 11.9. The van der Waals surface area contributed by atoms with E-state index in [9.17, 15) is 4.79 Å². The van der Waals surface area contributed by atoms with E-state index in [4.69, 9.17) is 4.74 Å². The molecule has 0 amide bonds. The number of ether oxygens (including phenoxy) is 1. The van der Waals surface area contributed by atoms with Crippen molar-refractivity contribution in [3.8, 4) is 5.88 Å². The molecule has 6 nitrogen and oxygen atoms in total. The minimum absolute atomic E-state index is 0.158. The van der Waals surface area contributed by atoms with Crippen LogP contribution in [0.25, 0.3) is 22.1 Å². The molecule has 1 aromatic carbocycles. The van der Waals surface area contributed by atoms with Gasteiger partial charge in [0.05, 0.1) is 30.9 Å². The molecule has 4 rings (SSSR count). The molecule has 0 radical (unpaired) electrons. The van der Waals surface area contributed by atoms with Crippen LogP contribution in [0.5, 0.6) is 5.88 Å². The molecular weight excluding hydrogens is 336 g/mol. The quantitative estimate of drug-likeness (QED) is 0.572. The maximum Gasteiger partial charge on any atom is 0.326 e. The average Bonchev–Trinajstić information content (AvgIpc) is 2.97. The second-order valence-electron chi connectivity index (χ2n) is 5.61. The zero-order chi connectivity index (χ0) is 17.4. The van der Waals surface area contributed by atoms with E-state index < -0.39 is 0 Å². The van der Waals surface area contributed by atoms with Crippen LogP contribution in [-0.2, 0) is 6.54 Å². The Labute approximate surface area is 147 Å². The molecule has 3 aromatic heterocycles. The Hall–Kier alpha value is -2.80. The molecule has 0 atom stereocenters. The van der Waals surface area contributed by atoms with Crippen LogP contribution >= 0.6 is 11.8 Å². The van der Waals surface area contributed by atoms with E-state index in [2.05, 4.69) is 27.1 Å². The molecule has 0 aliphatic rings. The first kappa shape index (κ1) is 15.7. The average molecular weight is 352 g/mol. The van der Waals surface area contributed by atoms with E-state index in [1.54, 1.807) is 35.7 Å². The molecule has 0 unspecified atom stereocenters. The number of aromatic nitrogens is 4. The molecule has 1 N–H and O–H groups in total. The SMILES string of the molecule is COc1ccc2c(ncc3[nH]c(=O)n(Cc4ccc(SC)cc4)c32)n1. The first-order chi connectivity index (χ1) is 12.2. The Morgan fingerprint density at radius 2 is 2.00 bits per heavy atom. The molecule has 0 saturated heterocycles. The number of rotatable bonds is 4. The summed E-state index contributed by atoms with van der Waals surface area (Å²) >= 11 is 1.69. The Bertz CT molecular complexity index is 1120. The minimum atomic E-state index is -0.158. The Balaban J connectivity index is 1.88. The van der Waals surface area contributed by atoms with Crippen molar-refractivity contribution in [2.24, 2.45) is 0 Å². The summed E-state index contributed by atoms with van der Waals surface area (Å²) in [7, 11) is 1.57. The monoisotopic (exact) mass is 352 g/mol. The third kappa shape index (κ3) is 2.76. The van der Waals surface area contributed by atoms with Crippen LogP contribution in [0.4, 0.5) is 0 Å². The standard InChI is InChI=1S/C18H16N4O2S/c1-24-15-8-7-13-16-14(9-19-17(13)21-15)20-18(23)22(16)10-11-3-5-12(25-2)6-4-11/h3-9H,10H2,1-2H3,(H,20,23). The third-order valence-corrected chi connectivity index (χ3v) is 4.88. The van der Waals surface area contributed by atoms with E-state index in [0.717, 1.165) is 16.5 Å². The Morgan fingerprint density at radius 1 is 1.20 bits per heavy atom. The van der Waals surface area contributed by atoms with Gasteiger partial charge in [-0.15, -0.1) is 11.8 Å². The molecule has 126 valence electrons. The summed E-state index contributed by atoms with van der Waals surface area (Å²) in [4.78, 5) is 25.2. The summed E-state index contributed by atoms with van der Waals surface area (Å²) in [6.07, 6.45) is 3.68. The molecule has 0 spiro atoms. The summed E-state index contributed by atoms with van der Waals surface area (Å²) in [6.45, 7) is 0.485. The minimum Gasteiger partial charge on any atom is -0.481 e. The van der Waals surface area contributed by atoms with Gasteiger partial charge in [-0.2, -0.15) is 4.98 Å². The van der Waals surface area contributed by atoms with Crippen LogP contribution in [0.3, 0.4) is 0 Å². The van der Waals surface area contributed by atoms with E-state index in [1.165, 1.54) is 4.90 Å². The van der Waals surface area contributed by atoms with E-state index in [0.29, 0.717) is 23.6 Å². The van der Waals surface area contributed by atoms with Crippen molar-refractivity contribution < 1.29 is 4.74 Å². The van der Waals surface area contributed by atoms with Crippen LogP contribution in [0, 0.1) is 0 Å². The number of thioether (sulfide) groups is 1. The molecular formula is C18H16N4O2S. The van der Waals surface area contributed by atoms with Gasteiger partial charge in [0.1, 0.15) is 0 Å². The number of H-pyrrole nitrogens is 1. The van der Waals surface area contributed by atoms with Crippen LogP contribution in [0.1, 0.15) is 5.56 Å². The molecule has 0 saturated carbocycles. The normalized spacial score (nSPS) is 11.3. The van der Waals surface area contributed by atoms with Crippen molar-refractivity contribution in [2.45, 2.75) is 11.4 Å². The lowest BCUT2D eigenvalue weighted by Crippen LogP contribution is -2.17. The highest BCUT2D eigenvalue weighted by atomic mass is 32.2. The zero-order valence-electron chi connectivity index (χ0n) is 13.8. The lowest BCUT2D eigenvalue weighted by molar-refractivity contribution is 0.399. The lowest BCUT2D eigenvalue weighted by Gasteiger charge is -2.07. The summed E-state index contributed by atoms with van der Waals surface area (Å²) in [5, 5.41) is 0.817. The predicted octanol–water partition coefficient (Wildman–Crippen LogP) is 3.05. The Morgan fingerprint density at radius 3 is 2.72 bits per heavy atom. The fraction of sp³-hybridized carbons (Fsp3) is 0.167. The molecule has 0 aliphatic heterocycles. The zero-order valence-corrected chi connectivity index (χ0v) is 14.6. The van der Waals surface area contributed by atoms with Crippen LogP contribution in [-0.4, -0.2) is 32.9 Å². The smallest absolute Gasteiger partial charge is 0.326 e. The second-order valence-corrected chi connectivity index (χ2v) is 6.49. The van der Waals surface area contributed by atoms with Crippen molar-refractivity contribution in [2.75, 3.05) is 13.4 Å². The molecule has 7 heteroatoms. The van der Waals surface area contributed by atoms with Gasteiger partial charge in [0.2, 0.25) is 5.88 Å². The molecule has 4 aromatic rings. The van der Waals surface area contributed by atoms with Crippen LogP contribution in [0.15, 0.2) is 52.3 Å². The largest absolute Gasteiger partial charge is 0.481 e. The third-order valence-electron chi connectivity index (χ3n) is 4.14. The van der Waals surface area contributed by atoms with Gasteiger partial charge < -0.3 is 9.72 Å². The Kier molecular flexibility index (Phi) is 3.93. The number of nitrogens with zero attached hydrogens (tertiary/aromatic N) is 3. The fourth-order valence-corrected chi connectivity index (χ4v) is 3.30. The highest BCUT2D eigenvalue weighted by molar-refractivity contribution is 7.98. The van der Waals surface area contributed by atoms with Gasteiger partial charge in [0.25, 0.3) is 0 Å². The number of benzene rings is 1. The van der Waals surface area contributed by atoms with Gasteiger partial charge >= 0.3 is 5.69 Å². The maximum atomic E-state index is 12.5. The number of imidazole rings is 1. The van der Waals surface area contributed by atoms with Crippen LogP contribution in [0.2, 0.25) is 0 Å². The van der Waals surface area contributed by atoms with Gasteiger partial charge in [-0.25, -0.2) is 9.78 Å². The van der Waals surface area contributed by atoms with Crippen molar-refractivity contribution in [3.05, 3.63) is 58.6 Å². The van der Waals surface area contributed by atoms with Gasteiger partial charge in [-0.1, -0.05) is 12.1 Å². The first-order valence-corrected chi connectivity index (χ1v) is 8.97. The number of fused-ring (bicyclic) bond motifs is 3.